The van der Waals surface area contributed by atoms with Gasteiger partial charge in [-0.3, -0.25) is 10.1 Å². The average molecular weight is 440 g/mol. The van der Waals surface area contributed by atoms with Gasteiger partial charge in [-0.2, -0.15) is 0 Å². The lowest BCUT2D eigenvalue weighted by Crippen LogP contribution is -2.38. The number of non-ortho nitro benzene ring substituents is 1. The molecule has 1 saturated heterocycles. The third kappa shape index (κ3) is 4.74. The standard InChI is InChI=1S/C24H28N2O6/c1-5-31-23(27)20-7-6-12-25(20)22-16(3)13-15(2)21(17(22)4)24(28)32-14-18-8-10-19(11-9-18)26(29)30/h8-11,13,20H,5-7,12,14H2,1-4H3/t20-/m0/s1. The Balaban J connectivity index is 1.84. The Kier molecular flexibility index (Phi) is 7.12. The van der Waals surface area contributed by atoms with Gasteiger partial charge in [0.15, 0.2) is 0 Å². The van der Waals surface area contributed by atoms with E-state index in [0.29, 0.717) is 30.7 Å². The van der Waals surface area contributed by atoms with E-state index in [2.05, 4.69) is 0 Å². The van der Waals surface area contributed by atoms with E-state index in [1.54, 1.807) is 19.1 Å². The fourth-order valence-corrected chi connectivity index (χ4v) is 4.38. The van der Waals surface area contributed by atoms with Crippen LogP contribution >= 0.6 is 0 Å². The number of anilines is 1. The molecule has 0 amide bonds. The number of nitro benzene ring substituents is 1. The minimum absolute atomic E-state index is 0.00802. The molecule has 0 saturated carbocycles. The topological polar surface area (TPSA) is 99.0 Å². The van der Waals surface area contributed by atoms with Crippen molar-refractivity contribution in [2.45, 2.75) is 53.2 Å². The van der Waals surface area contributed by atoms with Crippen molar-refractivity contribution in [3.8, 4) is 0 Å². The SMILES string of the molecule is CCOC(=O)[C@@H]1CCCN1c1c(C)cc(C)c(C(=O)OCc2ccc([N+](=O)[O-])cc2)c1C. The third-order valence-corrected chi connectivity index (χ3v) is 5.75. The van der Waals surface area contributed by atoms with Crippen LogP contribution in [0.5, 0.6) is 0 Å². The molecule has 1 fully saturated rings. The van der Waals surface area contributed by atoms with Crippen LogP contribution in [0.4, 0.5) is 11.4 Å². The lowest BCUT2D eigenvalue weighted by atomic mass is 9.96. The van der Waals surface area contributed by atoms with Gasteiger partial charge in [0.25, 0.3) is 5.69 Å². The van der Waals surface area contributed by atoms with Crippen molar-refractivity contribution in [3.05, 3.63) is 68.3 Å². The zero-order valence-corrected chi connectivity index (χ0v) is 18.8. The van der Waals surface area contributed by atoms with Crippen molar-refractivity contribution >= 4 is 23.3 Å². The molecule has 2 aromatic rings. The first kappa shape index (κ1) is 23.2. The maximum absolute atomic E-state index is 13.0. The Labute approximate surface area is 187 Å². The minimum atomic E-state index is -0.474. The van der Waals surface area contributed by atoms with E-state index in [9.17, 15) is 19.7 Å². The Hall–Kier alpha value is -3.42. The highest BCUT2D eigenvalue weighted by atomic mass is 16.6. The maximum Gasteiger partial charge on any atom is 0.339 e. The normalized spacial score (nSPS) is 15.5. The molecule has 0 aromatic heterocycles. The summed E-state index contributed by atoms with van der Waals surface area (Å²) in [5, 5.41) is 10.8. The number of nitro groups is 1. The summed E-state index contributed by atoms with van der Waals surface area (Å²) in [5.41, 5.74) is 4.54. The maximum atomic E-state index is 13.0. The molecule has 0 unspecified atom stereocenters. The molecule has 0 radical (unpaired) electrons. The Morgan fingerprint density at radius 3 is 2.44 bits per heavy atom. The summed E-state index contributed by atoms with van der Waals surface area (Å²) in [6.45, 7) is 8.55. The number of carbonyl (C=O) groups is 2. The highest BCUT2D eigenvalue weighted by Gasteiger charge is 2.34. The monoisotopic (exact) mass is 440 g/mol. The molecule has 3 rings (SSSR count). The number of aryl methyl sites for hydroxylation is 2. The van der Waals surface area contributed by atoms with Gasteiger partial charge in [-0.15, -0.1) is 0 Å². The van der Waals surface area contributed by atoms with Crippen LogP contribution in [0.2, 0.25) is 0 Å². The predicted molar refractivity (Wildman–Crippen MR) is 120 cm³/mol. The van der Waals surface area contributed by atoms with Crippen LogP contribution < -0.4 is 4.90 Å². The lowest BCUT2D eigenvalue weighted by Gasteiger charge is -2.30. The zero-order chi connectivity index (χ0) is 23.4. The summed E-state index contributed by atoms with van der Waals surface area (Å²) < 4.78 is 10.8. The van der Waals surface area contributed by atoms with Gasteiger partial charge in [0.1, 0.15) is 12.6 Å². The molecule has 0 bridgehead atoms. The molecule has 170 valence electrons. The molecule has 32 heavy (non-hydrogen) atoms. The van der Waals surface area contributed by atoms with Gasteiger partial charge in [0, 0.05) is 24.4 Å². The van der Waals surface area contributed by atoms with E-state index in [1.807, 2.05) is 31.7 Å². The summed E-state index contributed by atoms with van der Waals surface area (Å²) in [5.74, 6) is -0.710. The fourth-order valence-electron chi connectivity index (χ4n) is 4.38. The summed E-state index contributed by atoms with van der Waals surface area (Å²) in [4.78, 5) is 37.8. The zero-order valence-electron chi connectivity index (χ0n) is 18.8. The average Bonchev–Trinajstić information content (AvgIpc) is 3.21. The number of rotatable bonds is 7. The number of benzene rings is 2. The van der Waals surface area contributed by atoms with Crippen molar-refractivity contribution in [3.63, 3.8) is 0 Å². The van der Waals surface area contributed by atoms with E-state index in [0.717, 1.165) is 28.8 Å². The quantitative estimate of drug-likeness (QED) is 0.357. The third-order valence-electron chi connectivity index (χ3n) is 5.75. The second-order valence-corrected chi connectivity index (χ2v) is 7.96. The molecule has 0 N–H and O–H groups in total. The number of hydrogen-bond donors (Lipinski definition) is 0. The Morgan fingerprint density at radius 1 is 1.12 bits per heavy atom. The van der Waals surface area contributed by atoms with Gasteiger partial charge >= 0.3 is 11.9 Å². The molecular weight excluding hydrogens is 412 g/mol. The van der Waals surface area contributed by atoms with Gasteiger partial charge < -0.3 is 14.4 Å². The largest absolute Gasteiger partial charge is 0.464 e. The van der Waals surface area contributed by atoms with Crippen molar-refractivity contribution in [2.75, 3.05) is 18.1 Å². The van der Waals surface area contributed by atoms with Gasteiger partial charge in [-0.1, -0.05) is 6.07 Å². The highest BCUT2D eigenvalue weighted by molar-refractivity contribution is 5.95. The van der Waals surface area contributed by atoms with Gasteiger partial charge in [-0.05, 0) is 74.9 Å². The highest BCUT2D eigenvalue weighted by Crippen LogP contribution is 2.35. The van der Waals surface area contributed by atoms with Gasteiger partial charge in [-0.25, -0.2) is 9.59 Å². The van der Waals surface area contributed by atoms with Gasteiger partial charge in [0.2, 0.25) is 0 Å². The Morgan fingerprint density at radius 2 is 1.81 bits per heavy atom. The predicted octanol–water partition coefficient (Wildman–Crippen LogP) is 4.41. The van der Waals surface area contributed by atoms with Crippen LogP contribution in [-0.2, 0) is 20.9 Å². The van der Waals surface area contributed by atoms with E-state index < -0.39 is 10.9 Å². The fraction of sp³-hybridized carbons (Fsp3) is 0.417. The molecule has 2 aromatic carbocycles. The second-order valence-electron chi connectivity index (χ2n) is 7.96. The summed E-state index contributed by atoms with van der Waals surface area (Å²) >= 11 is 0. The lowest BCUT2D eigenvalue weighted by molar-refractivity contribution is -0.384. The molecule has 0 aliphatic carbocycles. The van der Waals surface area contributed by atoms with Gasteiger partial charge in [0.05, 0.1) is 17.1 Å². The Bertz CT molecular complexity index is 1030. The molecule has 1 heterocycles. The number of nitrogens with zero attached hydrogens (tertiary/aromatic N) is 2. The molecule has 1 aliphatic heterocycles. The second kappa shape index (κ2) is 9.80. The first-order valence-corrected chi connectivity index (χ1v) is 10.7. The van der Waals surface area contributed by atoms with Crippen molar-refractivity contribution in [1.29, 1.82) is 0 Å². The first-order chi connectivity index (χ1) is 15.2. The number of esters is 2. The molecule has 8 nitrogen and oxygen atoms in total. The van der Waals surface area contributed by atoms with E-state index in [1.165, 1.54) is 12.1 Å². The smallest absolute Gasteiger partial charge is 0.339 e. The van der Waals surface area contributed by atoms with E-state index >= 15 is 0 Å². The molecule has 8 heteroatoms. The van der Waals surface area contributed by atoms with Crippen LogP contribution in [0.1, 0.15) is 52.4 Å². The summed E-state index contributed by atoms with van der Waals surface area (Å²) in [6.07, 6.45) is 1.58. The molecule has 1 atom stereocenters. The number of carbonyl (C=O) groups excluding carboxylic acids is 2. The van der Waals surface area contributed by atoms with Crippen molar-refractivity contribution < 1.29 is 24.0 Å². The first-order valence-electron chi connectivity index (χ1n) is 10.7. The van der Waals surface area contributed by atoms with E-state index in [-0.39, 0.29) is 24.3 Å². The van der Waals surface area contributed by atoms with Crippen LogP contribution in [0.15, 0.2) is 30.3 Å². The van der Waals surface area contributed by atoms with Crippen LogP contribution in [0.25, 0.3) is 0 Å². The minimum Gasteiger partial charge on any atom is -0.464 e. The van der Waals surface area contributed by atoms with Crippen LogP contribution in [0, 0.1) is 30.9 Å². The molecular formula is C24H28N2O6. The number of ether oxygens (including phenoxy) is 2. The van der Waals surface area contributed by atoms with Crippen LogP contribution in [-0.4, -0.2) is 36.1 Å². The van der Waals surface area contributed by atoms with Crippen molar-refractivity contribution in [1.82, 2.24) is 0 Å². The van der Waals surface area contributed by atoms with Crippen molar-refractivity contribution in [2.24, 2.45) is 0 Å². The summed E-state index contributed by atoms with van der Waals surface area (Å²) in [6, 6.07) is 7.48. The van der Waals surface area contributed by atoms with E-state index in [4.69, 9.17) is 9.47 Å². The molecule has 0 spiro atoms. The molecule has 1 aliphatic rings. The van der Waals surface area contributed by atoms with Crippen LogP contribution in [0.3, 0.4) is 0 Å². The number of hydrogen-bond acceptors (Lipinski definition) is 7. The summed E-state index contributed by atoms with van der Waals surface area (Å²) in [7, 11) is 0.